The quantitative estimate of drug-likeness (QED) is 0.315. The molecule has 0 radical (unpaired) electrons. The summed E-state index contributed by atoms with van der Waals surface area (Å²) < 4.78 is 11.3. The van der Waals surface area contributed by atoms with Gasteiger partial charge in [0.15, 0.2) is 18.1 Å². The van der Waals surface area contributed by atoms with Crippen LogP contribution in [0.2, 0.25) is 5.02 Å². The minimum Gasteiger partial charge on any atom is -0.490 e. The van der Waals surface area contributed by atoms with Gasteiger partial charge in [-0.2, -0.15) is 0 Å². The standard InChI is InChI=1S/C28H24ClN3O6S/c1-2-37-23-14-18(8-13-22(23)38-17-26(34)31-21-11-9-19(29)10-12-21)15-24-27(35)32(28(36)39-24)16-25(33)30-20-6-4-3-5-7-20/h3-15H,2,16-17H2,1H3,(H,30,33)(H,31,34)/b24-15-. The lowest BCUT2D eigenvalue weighted by molar-refractivity contribution is -0.127. The summed E-state index contributed by atoms with van der Waals surface area (Å²) in [7, 11) is 0. The number of nitrogens with zero attached hydrogens (tertiary/aromatic N) is 1. The van der Waals surface area contributed by atoms with Crippen LogP contribution in [0.15, 0.2) is 77.7 Å². The van der Waals surface area contributed by atoms with Crippen LogP contribution >= 0.6 is 23.4 Å². The summed E-state index contributed by atoms with van der Waals surface area (Å²) in [6.45, 7) is 1.48. The third-order valence-electron chi connectivity index (χ3n) is 5.28. The Bertz CT molecular complexity index is 1410. The largest absolute Gasteiger partial charge is 0.490 e. The van der Waals surface area contributed by atoms with Crippen LogP contribution in [0, 0.1) is 0 Å². The zero-order chi connectivity index (χ0) is 27.8. The van der Waals surface area contributed by atoms with Crippen LogP contribution in [0.25, 0.3) is 6.08 Å². The lowest BCUT2D eigenvalue weighted by atomic mass is 10.2. The van der Waals surface area contributed by atoms with Crippen LogP contribution in [0.3, 0.4) is 0 Å². The number of carbonyl (C=O) groups excluding carboxylic acids is 4. The molecule has 39 heavy (non-hydrogen) atoms. The van der Waals surface area contributed by atoms with E-state index in [-0.39, 0.29) is 17.4 Å². The molecule has 3 aromatic rings. The summed E-state index contributed by atoms with van der Waals surface area (Å²) in [5.41, 5.74) is 1.73. The number of carbonyl (C=O) groups is 4. The van der Waals surface area contributed by atoms with Crippen molar-refractivity contribution in [2.45, 2.75) is 6.92 Å². The minimum absolute atomic E-state index is 0.172. The van der Waals surface area contributed by atoms with Gasteiger partial charge >= 0.3 is 0 Å². The first kappa shape index (κ1) is 27.7. The van der Waals surface area contributed by atoms with E-state index in [0.717, 1.165) is 16.7 Å². The molecule has 0 saturated carbocycles. The topological polar surface area (TPSA) is 114 Å². The van der Waals surface area contributed by atoms with Crippen molar-refractivity contribution in [3.8, 4) is 11.5 Å². The third-order valence-corrected chi connectivity index (χ3v) is 6.44. The van der Waals surface area contributed by atoms with Gasteiger partial charge < -0.3 is 20.1 Å². The number of hydrogen-bond donors (Lipinski definition) is 2. The average molecular weight is 566 g/mol. The number of halogens is 1. The zero-order valence-electron chi connectivity index (χ0n) is 20.8. The molecule has 1 aliphatic rings. The van der Waals surface area contributed by atoms with Crippen LogP contribution in [0.5, 0.6) is 11.5 Å². The summed E-state index contributed by atoms with van der Waals surface area (Å²) in [6.07, 6.45) is 1.54. The number of para-hydroxylation sites is 1. The fourth-order valence-corrected chi connectivity index (χ4v) is 4.49. The Morgan fingerprint density at radius 1 is 0.897 bits per heavy atom. The van der Waals surface area contributed by atoms with Crippen molar-refractivity contribution in [1.82, 2.24) is 4.90 Å². The molecule has 9 nitrogen and oxygen atoms in total. The number of hydrogen-bond acceptors (Lipinski definition) is 7. The van der Waals surface area contributed by atoms with E-state index in [1.807, 2.05) is 6.07 Å². The maximum Gasteiger partial charge on any atom is 0.294 e. The first-order chi connectivity index (χ1) is 18.8. The molecule has 2 N–H and O–H groups in total. The van der Waals surface area contributed by atoms with Gasteiger partial charge in [0.05, 0.1) is 11.5 Å². The van der Waals surface area contributed by atoms with Gasteiger partial charge in [0.1, 0.15) is 6.54 Å². The zero-order valence-corrected chi connectivity index (χ0v) is 22.4. The Balaban J connectivity index is 1.40. The van der Waals surface area contributed by atoms with Crippen molar-refractivity contribution in [3.05, 3.63) is 88.3 Å². The van der Waals surface area contributed by atoms with Gasteiger partial charge in [0.2, 0.25) is 5.91 Å². The second kappa shape index (κ2) is 13.0. The van der Waals surface area contributed by atoms with Gasteiger partial charge in [-0.3, -0.25) is 24.1 Å². The van der Waals surface area contributed by atoms with Gasteiger partial charge in [-0.05, 0) is 78.9 Å². The third kappa shape index (κ3) is 7.62. The molecule has 11 heteroatoms. The average Bonchev–Trinajstić information content (AvgIpc) is 3.17. The Morgan fingerprint density at radius 3 is 2.31 bits per heavy atom. The fourth-order valence-electron chi connectivity index (χ4n) is 3.53. The highest BCUT2D eigenvalue weighted by Crippen LogP contribution is 2.34. The van der Waals surface area contributed by atoms with E-state index in [1.54, 1.807) is 79.7 Å². The molecule has 3 aromatic carbocycles. The molecular weight excluding hydrogens is 542 g/mol. The van der Waals surface area contributed by atoms with E-state index in [2.05, 4.69) is 10.6 Å². The number of amides is 4. The lowest BCUT2D eigenvalue weighted by Gasteiger charge is -2.13. The molecule has 0 atom stereocenters. The van der Waals surface area contributed by atoms with E-state index in [4.69, 9.17) is 21.1 Å². The van der Waals surface area contributed by atoms with Crippen LogP contribution in [0.4, 0.5) is 16.2 Å². The summed E-state index contributed by atoms with van der Waals surface area (Å²) in [6, 6.07) is 20.4. The van der Waals surface area contributed by atoms with Gasteiger partial charge in [-0.15, -0.1) is 0 Å². The van der Waals surface area contributed by atoms with Crippen LogP contribution < -0.4 is 20.1 Å². The molecular formula is C28H24ClN3O6S. The number of anilines is 2. The molecule has 1 aliphatic heterocycles. The number of benzene rings is 3. The first-order valence-corrected chi connectivity index (χ1v) is 13.1. The van der Waals surface area contributed by atoms with Crippen molar-refractivity contribution in [2.24, 2.45) is 0 Å². The van der Waals surface area contributed by atoms with Gasteiger partial charge in [-0.1, -0.05) is 35.9 Å². The summed E-state index contributed by atoms with van der Waals surface area (Å²) >= 11 is 6.61. The second-order valence-corrected chi connectivity index (χ2v) is 9.59. The highest BCUT2D eigenvalue weighted by atomic mass is 35.5. The summed E-state index contributed by atoms with van der Waals surface area (Å²) in [5, 5.41) is 5.40. The Labute approximate surface area is 234 Å². The lowest BCUT2D eigenvalue weighted by Crippen LogP contribution is -2.36. The SMILES string of the molecule is CCOc1cc(/C=C2\SC(=O)N(CC(=O)Nc3ccccc3)C2=O)ccc1OCC(=O)Nc1ccc(Cl)cc1. The van der Waals surface area contributed by atoms with Crippen molar-refractivity contribution >= 4 is 63.8 Å². The van der Waals surface area contributed by atoms with E-state index in [9.17, 15) is 19.2 Å². The maximum atomic E-state index is 12.9. The number of ether oxygens (including phenoxy) is 2. The predicted octanol–water partition coefficient (Wildman–Crippen LogP) is 5.43. The van der Waals surface area contributed by atoms with Gasteiger partial charge in [0.25, 0.3) is 17.1 Å². The van der Waals surface area contributed by atoms with E-state index >= 15 is 0 Å². The maximum absolute atomic E-state index is 12.9. The summed E-state index contributed by atoms with van der Waals surface area (Å²) in [5.74, 6) is -0.706. The Morgan fingerprint density at radius 2 is 1.59 bits per heavy atom. The predicted molar refractivity (Wildman–Crippen MR) is 151 cm³/mol. The van der Waals surface area contributed by atoms with Gasteiger partial charge in [0, 0.05) is 16.4 Å². The van der Waals surface area contributed by atoms with E-state index in [1.165, 1.54) is 0 Å². The molecule has 0 unspecified atom stereocenters. The molecule has 0 spiro atoms. The molecule has 1 fully saturated rings. The normalized spacial score (nSPS) is 13.9. The molecule has 1 heterocycles. The minimum atomic E-state index is -0.564. The fraction of sp³-hybridized carbons (Fsp3) is 0.143. The summed E-state index contributed by atoms with van der Waals surface area (Å²) in [4.78, 5) is 51.0. The van der Waals surface area contributed by atoms with Crippen LogP contribution in [-0.4, -0.2) is 47.6 Å². The highest BCUT2D eigenvalue weighted by Gasteiger charge is 2.36. The molecule has 0 aromatic heterocycles. The van der Waals surface area contributed by atoms with E-state index < -0.39 is 23.6 Å². The Hall–Kier alpha value is -4.28. The Kier molecular flexibility index (Phi) is 9.24. The van der Waals surface area contributed by atoms with Gasteiger partial charge in [-0.25, -0.2) is 0 Å². The molecule has 200 valence electrons. The van der Waals surface area contributed by atoms with Crippen LogP contribution in [0.1, 0.15) is 12.5 Å². The van der Waals surface area contributed by atoms with Crippen molar-refractivity contribution < 1.29 is 28.7 Å². The van der Waals surface area contributed by atoms with Crippen molar-refractivity contribution in [3.63, 3.8) is 0 Å². The number of nitrogens with one attached hydrogen (secondary N) is 2. The monoisotopic (exact) mass is 565 g/mol. The number of thioether (sulfide) groups is 1. The second-order valence-electron chi connectivity index (χ2n) is 8.16. The molecule has 0 bridgehead atoms. The van der Waals surface area contributed by atoms with E-state index in [0.29, 0.717) is 40.1 Å². The number of rotatable bonds is 10. The molecule has 4 amide bonds. The van der Waals surface area contributed by atoms with Crippen molar-refractivity contribution in [1.29, 1.82) is 0 Å². The van der Waals surface area contributed by atoms with Crippen LogP contribution in [-0.2, 0) is 14.4 Å². The highest BCUT2D eigenvalue weighted by molar-refractivity contribution is 8.18. The number of imide groups is 1. The first-order valence-electron chi connectivity index (χ1n) is 11.9. The molecule has 0 aliphatic carbocycles. The molecule has 1 saturated heterocycles. The van der Waals surface area contributed by atoms with Crippen molar-refractivity contribution in [2.75, 3.05) is 30.4 Å². The molecule has 4 rings (SSSR count). The smallest absolute Gasteiger partial charge is 0.294 e.